The molecule has 0 aliphatic rings. The van der Waals surface area contributed by atoms with Gasteiger partial charge in [-0.1, -0.05) is 20.8 Å². The molecule has 0 fully saturated rings. The van der Waals surface area contributed by atoms with Gasteiger partial charge < -0.3 is 5.32 Å². The van der Waals surface area contributed by atoms with Crippen LogP contribution < -0.4 is 5.32 Å². The van der Waals surface area contributed by atoms with Crippen molar-refractivity contribution in [3.8, 4) is 0 Å². The van der Waals surface area contributed by atoms with E-state index >= 15 is 0 Å². The van der Waals surface area contributed by atoms with Crippen LogP contribution in [0.3, 0.4) is 0 Å². The topological polar surface area (TPSA) is 12.0 Å². The van der Waals surface area contributed by atoms with E-state index in [2.05, 4.69) is 54.2 Å². The van der Waals surface area contributed by atoms with Crippen molar-refractivity contribution >= 4 is 27.3 Å². The van der Waals surface area contributed by atoms with Gasteiger partial charge in [0, 0.05) is 10.9 Å². The van der Waals surface area contributed by atoms with Gasteiger partial charge in [-0.2, -0.15) is 0 Å². The SMILES string of the molecule is CCNC(CCCc1ccc(Br)s1)C(C)C. The molecular formula is C13H22BrNS. The first kappa shape index (κ1) is 14.2. The van der Waals surface area contributed by atoms with Gasteiger partial charge in [-0.25, -0.2) is 0 Å². The van der Waals surface area contributed by atoms with Gasteiger partial charge in [0.05, 0.1) is 3.79 Å². The third-order valence-corrected chi connectivity index (χ3v) is 4.52. The van der Waals surface area contributed by atoms with Gasteiger partial charge in [0.25, 0.3) is 0 Å². The smallest absolute Gasteiger partial charge is 0.0701 e. The Morgan fingerprint density at radius 1 is 1.38 bits per heavy atom. The minimum atomic E-state index is 0.674. The van der Waals surface area contributed by atoms with Crippen molar-refractivity contribution in [1.82, 2.24) is 5.32 Å². The maximum absolute atomic E-state index is 3.57. The van der Waals surface area contributed by atoms with E-state index in [1.54, 1.807) is 0 Å². The number of nitrogens with one attached hydrogen (secondary N) is 1. The first-order chi connectivity index (χ1) is 7.63. The summed E-state index contributed by atoms with van der Waals surface area (Å²) in [6.45, 7) is 7.86. The summed E-state index contributed by atoms with van der Waals surface area (Å²) in [5, 5.41) is 3.57. The molecule has 1 N–H and O–H groups in total. The van der Waals surface area contributed by atoms with Crippen LogP contribution in [0.4, 0.5) is 0 Å². The van der Waals surface area contributed by atoms with Gasteiger partial charge in [0.15, 0.2) is 0 Å². The van der Waals surface area contributed by atoms with Gasteiger partial charge in [0.1, 0.15) is 0 Å². The zero-order valence-corrected chi connectivity index (χ0v) is 12.8. The van der Waals surface area contributed by atoms with Crippen LogP contribution in [0.5, 0.6) is 0 Å². The summed E-state index contributed by atoms with van der Waals surface area (Å²) >= 11 is 5.36. The first-order valence-corrected chi connectivity index (χ1v) is 7.72. The Hall–Kier alpha value is 0.140. The van der Waals surface area contributed by atoms with Crippen LogP contribution in [-0.2, 0) is 6.42 Å². The zero-order valence-electron chi connectivity index (χ0n) is 10.4. The van der Waals surface area contributed by atoms with Crippen LogP contribution in [-0.4, -0.2) is 12.6 Å². The molecule has 1 heterocycles. The van der Waals surface area contributed by atoms with E-state index in [4.69, 9.17) is 0 Å². The van der Waals surface area contributed by atoms with Crippen LogP contribution in [0.25, 0.3) is 0 Å². The second kappa shape index (κ2) is 7.46. The molecule has 0 bridgehead atoms. The molecule has 0 amide bonds. The molecule has 0 aliphatic carbocycles. The van der Waals surface area contributed by atoms with Gasteiger partial charge in [-0.3, -0.25) is 0 Å². The van der Waals surface area contributed by atoms with E-state index in [1.165, 1.54) is 27.9 Å². The van der Waals surface area contributed by atoms with E-state index in [0.29, 0.717) is 6.04 Å². The predicted octanol–water partition coefficient (Wildman–Crippen LogP) is 4.47. The van der Waals surface area contributed by atoms with Crippen molar-refractivity contribution in [2.24, 2.45) is 5.92 Å². The summed E-state index contributed by atoms with van der Waals surface area (Å²) in [5.74, 6) is 0.732. The molecular weight excluding hydrogens is 282 g/mol. The minimum absolute atomic E-state index is 0.674. The van der Waals surface area contributed by atoms with Crippen molar-refractivity contribution in [2.75, 3.05) is 6.54 Å². The number of thiophene rings is 1. The molecule has 3 heteroatoms. The fraction of sp³-hybridized carbons (Fsp3) is 0.692. The van der Waals surface area contributed by atoms with Gasteiger partial charge in [0.2, 0.25) is 0 Å². The highest BCUT2D eigenvalue weighted by molar-refractivity contribution is 9.11. The first-order valence-electron chi connectivity index (χ1n) is 6.11. The Balaban J connectivity index is 2.27. The average Bonchev–Trinajstić information content (AvgIpc) is 2.63. The fourth-order valence-corrected chi connectivity index (χ4v) is 3.44. The maximum Gasteiger partial charge on any atom is 0.0701 e. The quantitative estimate of drug-likeness (QED) is 0.784. The molecule has 92 valence electrons. The van der Waals surface area contributed by atoms with Crippen LogP contribution >= 0.6 is 27.3 Å². The Labute approximate surface area is 112 Å². The molecule has 1 aromatic heterocycles. The lowest BCUT2D eigenvalue weighted by atomic mass is 9.98. The van der Waals surface area contributed by atoms with E-state index < -0.39 is 0 Å². The fourth-order valence-electron chi connectivity index (χ4n) is 1.92. The second-order valence-corrected chi connectivity index (χ2v) is 7.05. The molecule has 1 aromatic rings. The Kier molecular flexibility index (Phi) is 6.62. The zero-order chi connectivity index (χ0) is 12.0. The molecule has 1 atom stereocenters. The summed E-state index contributed by atoms with van der Waals surface area (Å²) in [4.78, 5) is 1.49. The summed E-state index contributed by atoms with van der Waals surface area (Å²) in [5.41, 5.74) is 0. The lowest BCUT2D eigenvalue weighted by molar-refractivity contribution is 0.377. The molecule has 0 saturated heterocycles. The van der Waals surface area contributed by atoms with Crippen molar-refractivity contribution in [1.29, 1.82) is 0 Å². The minimum Gasteiger partial charge on any atom is -0.314 e. The normalized spacial score (nSPS) is 13.3. The Morgan fingerprint density at radius 3 is 2.62 bits per heavy atom. The Bertz CT molecular complexity index is 296. The van der Waals surface area contributed by atoms with E-state index in [-0.39, 0.29) is 0 Å². The number of aryl methyl sites for hydroxylation is 1. The van der Waals surface area contributed by atoms with Crippen molar-refractivity contribution in [2.45, 2.75) is 46.1 Å². The van der Waals surface area contributed by atoms with Crippen LogP contribution in [0.1, 0.15) is 38.5 Å². The highest BCUT2D eigenvalue weighted by atomic mass is 79.9. The number of halogens is 1. The molecule has 0 saturated carbocycles. The van der Waals surface area contributed by atoms with Gasteiger partial charge in [-0.15, -0.1) is 11.3 Å². The lowest BCUT2D eigenvalue weighted by Gasteiger charge is -2.21. The van der Waals surface area contributed by atoms with Crippen molar-refractivity contribution < 1.29 is 0 Å². The molecule has 0 aliphatic heterocycles. The summed E-state index contributed by atoms with van der Waals surface area (Å²) in [7, 11) is 0. The van der Waals surface area contributed by atoms with Crippen molar-refractivity contribution in [3.63, 3.8) is 0 Å². The largest absolute Gasteiger partial charge is 0.314 e. The second-order valence-electron chi connectivity index (χ2n) is 4.51. The molecule has 1 unspecified atom stereocenters. The monoisotopic (exact) mass is 303 g/mol. The van der Waals surface area contributed by atoms with E-state index in [1.807, 2.05) is 11.3 Å². The summed E-state index contributed by atoms with van der Waals surface area (Å²) < 4.78 is 1.24. The molecule has 0 radical (unpaired) electrons. The maximum atomic E-state index is 3.57. The van der Waals surface area contributed by atoms with Crippen molar-refractivity contribution in [3.05, 3.63) is 20.8 Å². The number of rotatable bonds is 7. The number of hydrogen-bond acceptors (Lipinski definition) is 2. The highest BCUT2D eigenvalue weighted by Gasteiger charge is 2.11. The standard InChI is InChI=1S/C13H22BrNS/c1-4-15-12(10(2)3)7-5-6-11-8-9-13(14)16-11/h8-10,12,15H,4-7H2,1-3H3. The summed E-state index contributed by atoms with van der Waals surface area (Å²) in [6, 6.07) is 5.05. The lowest BCUT2D eigenvalue weighted by Crippen LogP contribution is -2.33. The van der Waals surface area contributed by atoms with E-state index in [0.717, 1.165) is 12.5 Å². The van der Waals surface area contributed by atoms with Crippen LogP contribution in [0.15, 0.2) is 15.9 Å². The third kappa shape index (κ3) is 4.98. The Morgan fingerprint density at radius 2 is 2.12 bits per heavy atom. The van der Waals surface area contributed by atoms with E-state index in [9.17, 15) is 0 Å². The predicted molar refractivity (Wildman–Crippen MR) is 77.3 cm³/mol. The van der Waals surface area contributed by atoms with Gasteiger partial charge in [-0.05, 0) is 59.8 Å². The molecule has 1 nitrogen and oxygen atoms in total. The molecule has 0 aromatic carbocycles. The average molecular weight is 304 g/mol. The third-order valence-electron chi connectivity index (χ3n) is 2.84. The summed E-state index contributed by atoms with van der Waals surface area (Å²) in [6.07, 6.45) is 3.77. The highest BCUT2D eigenvalue weighted by Crippen LogP contribution is 2.23. The molecule has 0 spiro atoms. The number of hydrogen-bond donors (Lipinski definition) is 1. The molecule has 1 rings (SSSR count). The van der Waals surface area contributed by atoms with Crippen LogP contribution in [0, 0.1) is 5.92 Å². The van der Waals surface area contributed by atoms with Gasteiger partial charge >= 0.3 is 0 Å². The van der Waals surface area contributed by atoms with Crippen LogP contribution in [0.2, 0.25) is 0 Å². The molecule has 16 heavy (non-hydrogen) atoms.